The van der Waals surface area contributed by atoms with Gasteiger partial charge in [0.1, 0.15) is 5.78 Å². The summed E-state index contributed by atoms with van der Waals surface area (Å²) in [6, 6.07) is 0. The summed E-state index contributed by atoms with van der Waals surface area (Å²) in [6.07, 6.45) is 0. The highest BCUT2D eigenvalue weighted by atomic mass is 32.9. The molecule has 0 aliphatic carbocycles. The van der Waals surface area contributed by atoms with Gasteiger partial charge >= 0.3 is 0 Å². The van der Waals surface area contributed by atoms with Gasteiger partial charge in [-0.1, -0.05) is 46.0 Å². The average molecular weight is 326 g/mol. The molecule has 0 aliphatic heterocycles. The zero-order chi connectivity index (χ0) is 15.1. The van der Waals surface area contributed by atoms with Gasteiger partial charge in [0, 0.05) is 11.7 Å². The minimum Gasteiger partial charge on any atom is -0.321 e. The van der Waals surface area contributed by atoms with E-state index >= 15 is 0 Å². The van der Waals surface area contributed by atoms with Crippen LogP contribution >= 0.6 is 17.1 Å². The monoisotopic (exact) mass is 326 g/mol. The minimum atomic E-state index is -2.32. The molecule has 0 aromatic heterocycles. The van der Waals surface area contributed by atoms with Crippen LogP contribution in [0.15, 0.2) is 0 Å². The molecule has 0 rings (SSSR count). The van der Waals surface area contributed by atoms with Crippen molar-refractivity contribution in [2.45, 2.75) is 41.5 Å². The Morgan fingerprint density at radius 2 is 1.53 bits per heavy atom. The smallest absolute Gasteiger partial charge is 0.247 e. The summed E-state index contributed by atoms with van der Waals surface area (Å²) in [7, 11) is 0. The van der Waals surface area contributed by atoms with Gasteiger partial charge in [-0.3, -0.25) is 4.79 Å². The van der Waals surface area contributed by atoms with Crippen LogP contribution in [0.4, 0.5) is 0 Å². The summed E-state index contributed by atoms with van der Waals surface area (Å²) in [6.45, 7) is 13.1. The Morgan fingerprint density at radius 1 is 1.11 bits per heavy atom. The Hall–Kier alpha value is 0.590. The molecule has 1 unspecified atom stereocenters. The lowest BCUT2D eigenvalue weighted by Gasteiger charge is -2.24. The van der Waals surface area contributed by atoms with E-state index in [9.17, 15) is 4.79 Å². The van der Waals surface area contributed by atoms with Crippen LogP contribution in [0.5, 0.6) is 0 Å². The van der Waals surface area contributed by atoms with E-state index in [1.807, 2.05) is 6.92 Å². The molecular weight excluding hydrogens is 299 g/mol. The molecule has 1 atom stereocenters. The third-order valence-corrected chi connectivity index (χ3v) is 7.81. The first-order chi connectivity index (χ1) is 8.66. The van der Waals surface area contributed by atoms with Crippen LogP contribution < -0.4 is 0 Å². The lowest BCUT2D eigenvalue weighted by atomic mass is 10.1. The third kappa shape index (κ3) is 10.0. The molecule has 0 spiro atoms. The van der Waals surface area contributed by atoms with Crippen LogP contribution in [0.2, 0.25) is 0 Å². The maximum atomic E-state index is 11.3. The number of ketones is 1. The van der Waals surface area contributed by atoms with Gasteiger partial charge in [0.15, 0.2) is 0 Å². The van der Waals surface area contributed by atoms with Crippen LogP contribution in [0.25, 0.3) is 0 Å². The molecule has 3 nitrogen and oxygen atoms in total. The maximum absolute atomic E-state index is 11.3. The van der Waals surface area contributed by atoms with E-state index in [2.05, 4.69) is 27.7 Å². The van der Waals surface area contributed by atoms with Crippen molar-refractivity contribution in [2.75, 3.05) is 19.0 Å². The van der Waals surface area contributed by atoms with Crippen LogP contribution in [0, 0.1) is 17.8 Å². The SMILES string of the molecule is CC(=O)C(C)CSP(=S)(OCC(C)C)OCC(C)C. The van der Waals surface area contributed by atoms with E-state index in [-0.39, 0.29) is 11.7 Å². The van der Waals surface area contributed by atoms with Crippen molar-refractivity contribution in [3.63, 3.8) is 0 Å². The Morgan fingerprint density at radius 3 is 1.84 bits per heavy atom. The van der Waals surface area contributed by atoms with Gasteiger partial charge in [0.2, 0.25) is 5.69 Å². The minimum absolute atomic E-state index is 0.00220. The van der Waals surface area contributed by atoms with Gasteiger partial charge in [-0.05, 0) is 30.6 Å². The Labute approximate surface area is 127 Å². The van der Waals surface area contributed by atoms with E-state index in [0.29, 0.717) is 30.8 Å². The van der Waals surface area contributed by atoms with Crippen LogP contribution in [0.1, 0.15) is 41.5 Å². The molecule has 114 valence electrons. The number of rotatable bonds is 10. The van der Waals surface area contributed by atoms with Gasteiger partial charge in [0.25, 0.3) is 0 Å². The molecule has 0 N–H and O–H groups in total. The normalized spacial score (nSPS) is 14.1. The lowest BCUT2D eigenvalue weighted by molar-refractivity contribution is -0.119. The standard InChI is InChI=1S/C13H27O3PS2/c1-10(2)7-15-17(18,16-8-11(3)4)19-9-12(5)13(6)14/h10-12H,7-9H2,1-6H3. The summed E-state index contributed by atoms with van der Waals surface area (Å²) in [5.74, 6) is 1.70. The zero-order valence-electron chi connectivity index (χ0n) is 12.8. The van der Waals surface area contributed by atoms with Crippen molar-refractivity contribution in [1.82, 2.24) is 0 Å². The summed E-state index contributed by atoms with van der Waals surface area (Å²) in [4.78, 5) is 11.3. The van der Waals surface area contributed by atoms with Crippen molar-refractivity contribution in [3.05, 3.63) is 0 Å². The van der Waals surface area contributed by atoms with Crippen molar-refractivity contribution in [3.8, 4) is 0 Å². The fraction of sp³-hybridized carbons (Fsp3) is 0.923. The van der Waals surface area contributed by atoms with Gasteiger partial charge in [-0.25, -0.2) is 0 Å². The molecule has 19 heavy (non-hydrogen) atoms. The number of Topliss-reactive ketones (excluding diaryl/α,β-unsaturated/α-hetero) is 1. The van der Waals surface area contributed by atoms with Gasteiger partial charge in [0.05, 0.1) is 13.2 Å². The van der Waals surface area contributed by atoms with E-state index in [0.717, 1.165) is 0 Å². The molecular formula is C13H27O3PS2. The summed E-state index contributed by atoms with van der Waals surface area (Å²) in [5.41, 5.74) is -2.32. The van der Waals surface area contributed by atoms with Gasteiger partial charge in [-0.15, -0.1) is 0 Å². The van der Waals surface area contributed by atoms with Crippen LogP contribution in [0.3, 0.4) is 0 Å². The first-order valence-electron chi connectivity index (χ1n) is 6.70. The van der Waals surface area contributed by atoms with Crippen molar-refractivity contribution < 1.29 is 13.8 Å². The highest BCUT2D eigenvalue weighted by molar-refractivity contribution is 8.67. The first kappa shape index (κ1) is 19.6. The fourth-order valence-electron chi connectivity index (χ4n) is 0.913. The Kier molecular flexibility index (Phi) is 9.81. The van der Waals surface area contributed by atoms with Crippen molar-refractivity contribution >= 4 is 34.7 Å². The van der Waals surface area contributed by atoms with Crippen molar-refractivity contribution in [2.24, 2.45) is 17.8 Å². The topological polar surface area (TPSA) is 35.5 Å². The zero-order valence-corrected chi connectivity index (χ0v) is 15.4. The third-order valence-electron chi connectivity index (χ3n) is 2.31. The number of hydrogen-bond acceptors (Lipinski definition) is 5. The highest BCUT2D eigenvalue weighted by Crippen LogP contribution is 2.61. The van der Waals surface area contributed by atoms with Gasteiger partial charge < -0.3 is 9.05 Å². The highest BCUT2D eigenvalue weighted by Gasteiger charge is 2.23. The largest absolute Gasteiger partial charge is 0.321 e. The molecule has 0 fully saturated rings. The van der Waals surface area contributed by atoms with Gasteiger partial charge in [-0.2, -0.15) is 0 Å². The van der Waals surface area contributed by atoms with Crippen molar-refractivity contribution in [1.29, 1.82) is 0 Å². The fourth-order valence-corrected chi connectivity index (χ4v) is 5.68. The van der Waals surface area contributed by atoms with E-state index in [1.165, 1.54) is 11.4 Å². The second-order valence-electron chi connectivity index (χ2n) is 5.63. The molecule has 0 amide bonds. The quantitative estimate of drug-likeness (QED) is 0.552. The second-order valence-corrected chi connectivity index (χ2v) is 12.0. The predicted molar refractivity (Wildman–Crippen MR) is 88.2 cm³/mol. The molecule has 0 aromatic carbocycles. The lowest BCUT2D eigenvalue weighted by Crippen LogP contribution is -2.10. The summed E-state index contributed by atoms with van der Waals surface area (Å²) in [5, 5.41) is 0. The second kappa shape index (κ2) is 9.51. The Bertz CT molecular complexity index is 303. The molecule has 0 heterocycles. The summed E-state index contributed by atoms with van der Waals surface area (Å²) >= 11 is 7.07. The average Bonchev–Trinajstić information content (AvgIpc) is 2.31. The number of carbonyl (C=O) groups excluding carboxylic acids is 1. The van der Waals surface area contributed by atoms with Crippen LogP contribution in [-0.2, 0) is 25.6 Å². The first-order valence-corrected chi connectivity index (χ1v) is 10.9. The summed E-state index contributed by atoms with van der Waals surface area (Å²) < 4.78 is 11.7. The number of hydrogen-bond donors (Lipinski definition) is 0. The van der Waals surface area contributed by atoms with E-state index < -0.39 is 5.69 Å². The molecule has 0 aliphatic rings. The molecule has 0 aromatic rings. The molecule has 0 bridgehead atoms. The van der Waals surface area contributed by atoms with E-state index in [4.69, 9.17) is 20.9 Å². The van der Waals surface area contributed by atoms with E-state index in [1.54, 1.807) is 6.92 Å². The molecule has 0 saturated heterocycles. The van der Waals surface area contributed by atoms with Crippen LogP contribution in [-0.4, -0.2) is 24.7 Å². The molecule has 6 heteroatoms. The molecule has 0 radical (unpaired) electrons. The maximum Gasteiger partial charge on any atom is 0.247 e. The number of carbonyl (C=O) groups is 1. The molecule has 0 saturated carbocycles. The predicted octanol–water partition coefficient (Wildman–Crippen LogP) is 4.51. The Balaban J connectivity index is 4.47.